The van der Waals surface area contributed by atoms with Crippen LogP contribution in [-0.4, -0.2) is 23.2 Å². The standard InChI is InChI=1S/C15H22N2O2/c1-11-4-3-7-15(19,9-11)10-17-14(18)12-5-2-6-13(16)8-12/h2,5-6,8,11,19H,3-4,7,9-10,16H2,1H3,(H,17,18). The number of nitrogens with one attached hydrogen (secondary N) is 1. The molecule has 2 atom stereocenters. The van der Waals surface area contributed by atoms with Crippen molar-refractivity contribution in [1.82, 2.24) is 5.32 Å². The molecule has 0 saturated heterocycles. The summed E-state index contributed by atoms with van der Waals surface area (Å²) in [6.07, 6.45) is 3.69. The number of carbonyl (C=O) groups excluding carboxylic acids is 1. The van der Waals surface area contributed by atoms with Gasteiger partial charge < -0.3 is 16.2 Å². The second-order valence-corrected chi connectivity index (χ2v) is 5.73. The van der Waals surface area contributed by atoms with E-state index in [1.807, 2.05) is 0 Å². The predicted octanol–water partition coefficient (Wildman–Crippen LogP) is 1.94. The summed E-state index contributed by atoms with van der Waals surface area (Å²) >= 11 is 0. The molecule has 4 heteroatoms. The topological polar surface area (TPSA) is 75.3 Å². The number of hydrogen-bond donors (Lipinski definition) is 3. The zero-order valence-electron chi connectivity index (χ0n) is 11.4. The van der Waals surface area contributed by atoms with Crippen LogP contribution < -0.4 is 11.1 Å². The molecular formula is C15H22N2O2. The first-order chi connectivity index (χ1) is 8.98. The Morgan fingerprint density at radius 2 is 2.37 bits per heavy atom. The van der Waals surface area contributed by atoms with Gasteiger partial charge in [-0.3, -0.25) is 4.79 Å². The molecule has 1 aliphatic carbocycles. The van der Waals surface area contributed by atoms with Gasteiger partial charge in [-0.05, 0) is 37.0 Å². The Balaban J connectivity index is 1.93. The molecular weight excluding hydrogens is 240 g/mol. The van der Waals surface area contributed by atoms with Crippen LogP contribution in [0.1, 0.15) is 43.0 Å². The molecule has 2 unspecified atom stereocenters. The van der Waals surface area contributed by atoms with E-state index in [9.17, 15) is 9.90 Å². The molecule has 19 heavy (non-hydrogen) atoms. The summed E-state index contributed by atoms with van der Waals surface area (Å²) in [4.78, 5) is 12.0. The van der Waals surface area contributed by atoms with Crippen molar-refractivity contribution < 1.29 is 9.90 Å². The van der Waals surface area contributed by atoms with E-state index in [1.165, 1.54) is 0 Å². The number of anilines is 1. The van der Waals surface area contributed by atoms with Gasteiger partial charge in [-0.2, -0.15) is 0 Å². The highest BCUT2D eigenvalue weighted by Crippen LogP contribution is 2.31. The SMILES string of the molecule is CC1CCCC(O)(CNC(=O)c2cccc(N)c2)C1. The Hall–Kier alpha value is -1.55. The summed E-state index contributed by atoms with van der Waals surface area (Å²) < 4.78 is 0. The fourth-order valence-corrected chi connectivity index (χ4v) is 2.82. The first-order valence-electron chi connectivity index (χ1n) is 6.85. The van der Waals surface area contributed by atoms with E-state index < -0.39 is 5.60 Å². The fraction of sp³-hybridized carbons (Fsp3) is 0.533. The molecule has 0 aromatic heterocycles. The molecule has 1 amide bonds. The van der Waals surface area contributed by atoms with Crippen LogP contribution in [0.4, 0.5) is 5.69 Å². The smallest absolute Gasteiger partial charge is 0.251 e. The first kappa shape index (κ1) is 13.9. The molecule has 0 bridgehead atoms. The van der Waals surface area contributed by atoms with Gasteiger partial charge >= 0.3 is 0 Å². The lowest BCUT2D eigenvalue weighted by Gasteiger charge is -2.35. The molecule has 1 saturated carbocycles. The molecule has 0 aliphatic heterocycles. The lowest BCUT2D eigenvalue weighted by Crippen LogP contribution is -2.45. The summed E-state index contributed by atoms with van der Waals surface area (Å²) in [6.45, 7) is 2.45. The Labute approximate surface area is 114 Å². The van der Waals surface area contributed by atoms with Gasteiger partial charge in [0.05, 0.1) is 5.60 Å². The molecule has 0 spiro atoms. The third-order valence-corrected chi connectivity index (χ3v) is 3.79. The van der Waals surface area contributed by atoms with Gasteiger partial charge in [0.15, 0.2) is 0 Å². The predicted molar refractivity (Wildman–Crippen MR) is 75.8 cm³/mol. The minimum Gasteiger partial charge on any atom is -0.399 e. The number of aliphatic hydroxyl groups is 1. The van der Waals surface area contributed by atoms with Crippen LogP contribution in [0.5, 0.6) is 0 Å². The van der Waals surface area contributed by atoms with Crippen LogP contribution in [0, 0.1) is 5.92 Å². The van der Waals surface area contributed by atoms with E-state index in [4.69, 9.17) is 5.73 Å². The van der Waals surface area contributed by atoms with Crippen molar-refractivity contribution in [2.75, 3.05) is 12.3 Å². The van der Waals surface area contributed by atoms with Gasteiger partial charge in [-0.1, -0.05) is 25.8 Å². The second kappa shape index (κ2) is 5.61. The summed E-state index contributed by atoms with van der Waals surface area (Å²) in [7, 11) is 0. The quantitative estimate of drug-likeness (QED) is 0.729. The third-order valence-electron chi connectivity index (χ3n) is 3.79. The summed E-state index contributed by atoms with van der Waals surface area (Å²) in [5, 5.41) is 13.3. The van der Waals surface area contributed by atoms with Crippen molar-refractivity contribution in [3.05, 3.63) is 29.8 Å². The van der Waals surface area contributed by atoms with Crippen molar-refractivity contribution in [2.45, 2.75) is 38.2 Å². The number of carbonyl (C=O) groups is 1. The molecule has 1 aliphatic rings. The first-order valence-corrected chi connectivity index (χ1v) is 6.85. The second-order valence-electron chi connectivity index (χ2n) is 5.73. The van der Waals surface area contributed by atoms with Gasteiger partial charge in [0.2, 0.25) is 0 Å². The summed E-state index contributed by atoms with van der Waals surface area (Å²) in [6, 6.07) is 6.86. The minimum atomic E-state index is -0.756. The number of benzene rings is 1. The Morgan fingerprint density at radius 3 is 3.05 bits per heavy atom. The monoisotopic (exact) mass is 262 g/mol. The average Bonchev–Trinajstić information content (AvgIpc) is 2.36. The maximum Gasteiger partial charge on any atom is 0.251 e. The van der Waals surface area contributed by atoms with Crippen molar-refractivity contribution in [2.24, 2.45) is 5.92 Å². The van der Waals surface area contributed by atoms with Crippen molar-refractivity contribution in [3.8, 4) is 0 Å². The number of nitrogen functional groups attached to an aromatic ring is 1. The maximum atomic E-state index is 12.0. The normalized spacial score (nSPS) is 26.9. The summed E-state index contributed by atoms with van der Waals surface area (Å²) in [5.41, 5.74) is 6.00. The average molecular weight is 262 g/mol. The van der Waals surface area contributed by atoms with Crippen molar-refractivity contribution in [1.29, 1.82) is 0 Å². The highest BCUT2D eigenvalue weighted by molar-refractivity contribution is 5.95. The Bertz CT molecular complexity index is 461. The highest BCUT2D eigenvalue weighted by Gasteiger charge is 2.32. The fourth-order valence-electron chi connectivity index (χ4n) is 2.82. The number of rotatable bonds is 3. The lowest BCUT2D eigenvalue weighted by molar-refractivity contribution is -0.0109. The molecule has 1 aromatic carbocycles. The molecule has 1 fully saturated rings. The van der Waals surface area contributed by atoms with Crippen LogP contribution in [0.2, 0.25) is 0 Å². The Kier molecular flexibility index (Phi) is 4.10. The number of hydrogen-bond acceptors (Lipinski definition) is 3. The molecule has 2 rings (SSSR count). The molecule has 0 heterocycles. The van der Waals surface area contributed by atoms with Gasteiger partial charge in [0, 0.05) is 17.8 Å². The van der Waals surface area contributed by atoms with Crippen LogP contribution in [0.3, 0.4) is 0 Å². The van der Waals surface area contributed by atoms with E-state index in [-0.39, 0.29) is 5.91 Å². The zero-order valence-corrected chi connectivity index (χ0v) is 11.4. The van der Waals surface area contributed by atoms with E-state index in [0.29, 0.717) is 23.7 Å². The van der Waals surface area contributed by atoms with Gasteiger partial charge in [0.1, 0.15) is 0 Å². The minimum absolute atomic E-state index is 0.182. The van der Waals surface area contributed by atoms with Gasteiger partial charge in [-0.15, -0.1) is 0 Å². The van der Waals surface area contributed by atoms with E-state index in [0.717, 1.165) is 25.7 Å². The van der Waals surface area contributed by atoms with Crippen LogP contribution >= 0.6 is 0 Å². The summed E-state index contributed by atoms with van der Waals surface area (Å²) in [5.74, 6) is 0.335. The molecule has 104 valence electrons. The highest BCUT2D eigenvalue weighted by atomic mass is 16.3. The molecule has 4 N–H and O–H groups in total. The molecule has 4 nitrogen and oxygen atoms in total. The van der Waals surface area contributed by atoms with Crippen molar-refractivity contribution >= 4 is 11.6 Å². The van der Waals surface area contributed by atoms with Gasteiger partial charge in [0.25, 0.3) is 5.91 Å². The van der Waals surface area contributed by atoms with Crippen LogP contribution in [0.15, 0.2) is 24.3 Å². The van der Waals surface area contributed by atoms with E-state index in [2.05, 4.69) is 12.2 Å². The number of amides is 1. The van der Waals surface area contributed by atoms with E-state index >= 15 is 0 Å². The zero-order chi connectivity index (χ0) is 13.9. The van der Waals surface area contributed by atoms with Gasteiger partial charge in [-0.25, -0.2) is 0 Å². The molecule has 0 radical (unpaired) electrons. The Morgan fingerprint density at radius 1 is 1.58 bits per heavy atom. The van der Waals surface area contributed by atoms with Crippen LogP contribution in [0.25, 0.3) is 0 Å². The third kappa shape index (κ3) is 3.70. The largest absolute Gasteiger partial charge is 0.399 e. The number of nitrogens with two attached hydrogens (primary N) is 1. The van der Waals surface area contributed by atoms with Crippen molar-refractivity contribution in [3.63, 3.8) is 0 Å². The maximum absolute atomic E-state index is 12.0. The molecule has 1 aromatic rings. The van der Waals surface area contributed by atoms with E-state index in [1.54, 1.807) is 24.3 Å². The lowest BCUT2D eigenvalue weighted by atomic mass is 9.79. The van der Waals surface area contributed by atoms with Crippen LogP contribution in [-0.2, 0) is 0 Å².